The Balaban J connectivity index is 1.21. The molecular formula is C39H58N2O6. The van der Waals surface area contributed by atoms with E-state index in [0.29, 0.717) is 19.4 Å². The molecule has 0 spiro atoms. The van der Waals surface area contributed by atoms with Gasteiger partial charge in [0.2, 0.25) is 12.3 Å². The van der Waals surface area contributed by atoms with Crippen LogP contribution in [-0.2, 0) is 19.1 Å². The number of hydrogen-bond acceptors (Lipinski definition) is 7. The number of ether oxygens (including phenoxy) is 2. The number of aliphatic hydroxyl groups is 2. The Morgan fingerprint density at radius 1 is 0.766 bits per heavy atom. The molecule has 2 aromatic carbocycles. The molecule has 0 aromatic heterocycles. The molecule has 2 atom stereocenters. The summed E-state index contributed by atoms with van der Waals surface area (Å²) in [6.07, 6.45) is 12.1. The molecule has 0 fully saturated rings. The Morgan fingerprint density at radius 2 is 1.23 bits per heavy atom. The lowest BCUT2D eigenvalue weighted by Crippen LogP contribution is -2.39. The van der Waals surface area contributed by atoms with Crippen molar-refractivity contribution >= 4 is 17.6 Å². The first kappa shape index (κ1) is 38.5. The Hall–Kier alpha value is -2.91. The van der Waals surface area contributed by atoms with E-state index >= 15 is 0 Å². The van der Waals surface area contributed by atoms with Crippen LogP contribution in [0.15, 0.2) is 53.5 Å². The minimum Gasteiger partial charge on any atom is -0.460 e. The number of nitrogens with one attached hydrogen (secondary N) is 1. The van der Waals surface area contributed by atoms with Gasteiger partial charge in [0.25, 0.3) is 0 Å². The maximum Gasteiger partial charge on any atom is 0.306 e. The third-order valence-corrected chi connectivity index (χ3v) is 8.53. The first-order valence-electron chi connectivity index (χ1n) is 17.8. The third kappa shape index (κ3) is 14.4. The SMILES string of the molecule is CC(O)C(CNC(O)OCC1c2ccccc2-c2ccccc21)=NC(=O)CCCCCCCCCCCCCCC(=O)OC(C)(C)C. The molecule has 1 aliphatic rings. The van der Waals surface area contributed by atoms with Crippen molar-refractivity contribution in [3.8, 4) is 11.1 Å². The van der Waals surface area contributed by atoms with E-state index < -0.39 is 18.1 Å². The van der Waals surface area contributed by atoms with Crippen molar-refractivity contribution in [3.05, 3.63) is 59.7 Å². The zero-order chi connectivity index (χ0) is 34.1. The fourth-order valence-corrected chi connectivity index (χ4v) is 6.08. The van der Waals surface area contributed by atoms with Crippen LogP contribution in [0.25, 0.3) is 11.1 Å². The van der Waals surface area contributed by atoms with E-state index in [0.717, 1.165) is 32.1 Å². The van der Waals surface area contributed by atoms with Crippen molar-refractivity contribution in [2.45, 2.75) is 142 Å². The van der Waals surface area contributed by atoms with Gasteiger partial charge in [-0.05, 0) is 62.8 Å². The first-order valence-corrected chi connectivity index (χ1v) is 17.8. The number of hydrogen-bond donors (Lipinski definition) is 3. The zero-order valence-electron chi connectivity index (χ0n) is 29.1. The number of nitrogens with zero attached hydrogens (tertiary/aromatic N) is 1. The Labute approximate surface area is 282 Å². The van der Waals surface area contributed by atoms with Gasteiger partial charge in [-0.3, -0.25) is 14.9 Å². The molecule has 0 heterocycles. The molecule has 1 amide bonds. The second-order valence-electron chi connectivity index (χ2n) is 13.8. The van der Waals surface area contributed by atoms with Crippen LogP contribution in [-0.4, -0.2) is 59.1 Å². The summed E-state index contributed by atoms with van der Waals surface area (Å²) in [5.41, 5.74) is 4.62. The number of carbonyl (C=O) groups is 2. The lowest BCUT2D eigenvalue weighted by atomic mass is 9.98. The highest BCUT2D eigenvalue weighted by Crippen LogP contribution is 2.44. The number of rotatable bonds is 22. The maximum atomic E-state index is 12.5. The van der Waals surface area contributed by atoms with Gasteiger partial charge in [-0.25, -0.2) is 4.99 Å². The van der Waals surface area contributed by atoms with Crippen LogP contribution in [0.1, 0.15) is 135 Å². The predicted molar refractivity (Wildman–Crippen MR) is 188 cm³/mol. The van der Waals surface area contributed by atoms with E-state index in [2.05, 4.69) is 34.6 Å². The molecule has 0 saturated carbocycles. The Morgan fingerprint density at radius 3 is 1.72 bits per heavy atom. The van der Waals surface area contributed by atoms with Gasteiger partial charge >= 0.3 is 5.97 Å². The molecule has 0 saturated heterocycles. The molecule has 0 aliphatic heterocycles. The van der Waals surface area contributed by atoms with Crippen LogP contribution in [0.5, 0.6) is 0 Å². The number of fused-ring (bicyclic) bond motifs is 3. The fraction of sp³-hybridized carbons (Fsp3) is 0.615. The molecule has 0 radical (unpaired) electrons. The Bertz CT molecular complexity index is 1220. The van der Waals surface area contributed by atoms with Gasteiger partial charge in [0.1, 0.15) is 5.60 Å². The lowest BCUT2D eigenvalue weighted by Gasteiger charge is -2.19. The van der Waals surface area contributed by atoms with Crippen LogP contribution < -0.4 is 5.32 Å². The summed E-state index contributed by atoms with van der Waals surface area (Å²) in [4.78, 5) is 28.4. The molecule has 2 unspecified atom stereocenters. The van der Waals surface area contributed by atoms with Crippen molar-refractivity contribution < 1.29 is 29.3 Å². The van der Waals surface area contributed by atoms with Gasteiger partial charge in [0, 0.05) is 25.3 Å². The Kier molecular flexibility index (Phi) is 16.8. The maximum absolute atomic E-state index is 12.5. The molecule has 47 heavy (non-hydrogen) atoms. The van der Waals surface area contributed by atoms with E-state index in [1.807, 2.05) is 45.0 Å². The molecule has 2 aromatic rings. The van der Waals surface area contributed by atoms with Crippen molar-refractivity contribution in [1.82, 2.24) is 5.32 Å². The standard InChI is InChI=1S/C39H58N2O6/c1-29(42)35(27-40-38(45)46-28-34-32-23-19-17-21-30(32)31-22-18-20-24-33(31)34)41-36(43)25-15-13-11-9-7-5-6-8-10-12-14-16-26-37(44)47-39(2,3)4/h17-24,29,34,38,40,42,45H,5-16,25-28H2,1-4H3. The van der Waals surface area contributed by atoms with Crippen LogP contribution in [0.2, 0.25) is 0 Å². The van der Waals surface area contributed by atoms with Crippen molar-refractivity contribution in [3.63, 3.8) is 0 Å². The number of aliphatic hydroxyl groups excluding tert-OH is 2. The number of carbonyl (C=O) groups excluding carboxylic acids is 2. The van der Waals surface area contributed by atoms with Crippen LogP contribution >= 0.6 is 0 Å². The molecule has 8 heteroatoms. The topological polar surface area (TPSA) is 117 Å². The van der Waals surface area contributed by atoms with E-state index in [4.69, 9.17) is 9.47 Å². The van der Waals surface area contributed by atoms with E-state index in [1.165, 1.54) is 67.2 Å². The van der Waals surface area contributed by atoms with Gasteiger partial charge in [-0.15, -0.1) is 0 Å². The summed E-state index contributed by atoms with van der Waals surface area (Å²) in [5.74, 6) is -0.323. The minimum atomic E-state index is -1.26. The molecule has 8 nitrogen and oxygen atoms in total. The van der Waals surface area contributed by atoms with E-state index in [-0.39, 0.29) is 30.1 Å². The number of esters is 1. The highest BCUT2D eigenvalue weighted by atomic mass is 16.6. The first-order chi connectivity index (χ1) is 22.5. The minimum absolute atomic E-state index is 0.0184. The monoisotopic (exact) mass is 650 g/mol. The molecule has 3 N–H and O–H groups in total. The highest BCUT2D eigenvalue weighted by Gasteiger charge is 2.28. The number of amides is 1. The van der Waals surface area contributed by atoms with Gasteiger partial charge < -0.3 is 19.7 Å². The van der Waals surface area contributed by atoms with Gasteiger partial charge in [0.05, 0.1) is 18.4 Å². The molecule has 1 aliphatic carbocycles. The fourth-order valence-electron chi connectivity index (χ4n) is 6.08. The summed E-state index contributed by atoms with van der Waals surface area (Å²) in [6, 6.07) is 16.5. The summed E-state index contributed by atoms with van der Waals surface area (Å²) in [6.45, 7) is 7.62. The average Bonchev–Trinajstić information content (AvgIpc) is 3.34. The lowest BCUT2D eigenvalue weighted by molar-refractivity contribution is -0.154. The quantitative estimate of drug-likeness (QED) is 0.0515. The van der Waals surface area contributed by atoms with Gasteiger partial charge in [0.15, 0.2) is 0 Å². The average molecular weight is 651 g/mol. The van der Waals surface area contributed by atoms with Crippen LogP contribution in [0.3, 0.4) is 0 Å². The summed E-state index contributed by atoms with van der Waals surface area (Å²) < 4.78 is 11.1. The van der Waals surface area contributed by atoms with Crippen molar-refractivity contribution in [1.29, 1.82) is 0 Å². The van der Waals surface area contributed by atoms with Crippen LogP contribution in [0.4, 0.5) is 0 Å². The molecule has 0 bridgehead atoms. The zero-order valence-corrected chi connectivity index (χ0v) is 29.1. The van der Waals surface area contributed by atoms with Crippen LogP contribution in [0, 0.1) is 0 Å². The largest absolute Gasteiger partial charge is 0.460 e. The van der Waals surface area contributed by atoms with E-state index in [9.17, 15) is 19.8 Å². The normalized spacial score (nSPS) is 14.5. The predicted octanol–water partition coefficient (Wildman–Crippen LogP) is 7.83. The second kappa shape index (κ2) is 20.5. The molecular weight excluding hydrogens is 592 g/mol. The number of benzene rings is 2. The summed E-state index contributed by atoms with van der Waals surface area (Å²) in [7, 11) is 0. The highest BCUT2D eigenvalue weighted by molar-refractivity contribution is 5.99. The smallest absolute Gasteiger partial charge is 0.306 e. The van der Waals surface area contributed by atoms with Crippen molar-refractivity contribution in [2.75, 3.05) is 13.2 Å². The number of aliphatic imine (C=N–C) groups is 1. The molecule has 260 valence electrons. The van der Waals surface area contributed by atoms with Gasteiger partial charge in [-0.2, -0.15) is 0 Å². The summed E-state index contributed by atoms with van der Waals surface area (Å²) in [5, 5.41) is 23.5. The summed E-state index contributed by atoms with van der Waals surface area (Å²) >= 11 is 0. The third-order valence-electron chi connectivity index (χ3n) is 8.53. The van der Waals surface area contributed by atoms with E-state index in [1.54, 1.807) is 6.92 Å². The number of unbranched alkanes of at least 4 members (excludes halogenated alkanes) is 11. The van der Waals surface area contributed by atoms with Gasteiger partial charge in [-0.1, -0.05) is 113 Å². The van der Waals surface area contributed by atoms with Crippen molar-refractivity contribution in [2.24, 2.45) is 4.99 Å². The molecule has 3 rings (SSSR count). The second-order valence-corrected chi connectivity index (χ2v) is 13.8.